The van der Waals surface area contributed by atoms with Crippen molar-refractivity contribution in [2.45, 2.75) is 11.4 Å². The molecule has 0 spiro atoms. The SMILES string of the molecule is CNC(=O)OCC1=C(C(=O)O)N2C(=O)[C@@H](NC(=O)C(=NOC)c3ccco3)[C@H]2SC1. The number of nitrogens with one attached hydrogen (secondary N) is 2. The number of hydrogen-bond donors (Lipinski definition) is 3. The van der Waals surface area contributed by atoms with Gasteiger partial charge in [0.2, 0.25) is 5.71 Å². The highest BCUT2D eigenvalue weighted by molar-refractivity contribution is 8.00. The first kappa shape index (κ1) is 21.2. The predicted molar refractivity (Wildman–Crippen MR) is 102 cm³/mol. The first-order valence-electron chi connectivity index (χ1n) is 8.59. The third-order valence-electron chi connectivity index (χ3n) is 4.27. The largest absolute Gasteiger partial charge is 0.477 e. The average Bonchev–Trinajstić information content (AvgIpc) is 3.27. The fourth-order valence-electron chi connectivity index (χ4n) is 2.93. The van der Waals surface area contributed by atoms with Crippen molar-refractivity contribution in [2.24, 2.45) is 5.16 Å². The number of aliphatic carboxylic acids is 1. The summed E-state index contributed by atoms with van der Waals surface area (Å²) in [5.74, 6) is -2.29. The van der Waals surface area contributed by atoms with Crippen LogP contribution in [0.1, 0.15) is 5.76 Å². The van der Waals surface area contributed by atoms with Crippen LogP contribution in [-0.2, 0) is 24.0 Å². The van der Waals surface area contributed by atoms with Gasteiger partial charge in [-0.3, -0.25) is 14.5 Å². The van der Waals surface area contributed by atoms with Crippen LogP contribution in [0.5, 0.6) is 0 Å². The Hall–Kier alpha value is -3.48. The van der Waals surface area contributed by atoms with Crippen molar-refractivity contribution in [3.8, 4) is 0 Å². The summed E-state index contributed by atoms with van der Waals surface area (Å²) in [5, 5.41) is 17.4. The molecule has 2 atom stereocenters. The lowest BCUT2D eigenvalue weighted by molar-refractivity contribution is -0.150. The lowest BCUT2D eigenvalue weighted by Crippen LogP contribution is -2.71. The smallest absolute Gasteiger partial charge is 0.407 e. The Morgan fingerprint density at radius 3 is 2.80 bits per heavy atom. The molecule has 2 aliphatic heterocycles. The van der Waals surface area contributed by atoms with Crippen molar-refractivity contribution in [3.63, 3.8) is 0 Å². The van der Waals surface area contributed by atoms with E-state index in [9.17, 15) is 24.3 Å². The summed E-state index contributed by atoms with van der Waals surface area (Å²) < 4.78 is 10.1. The summed E-state index contributed by atoms with van der Waals surface area (Å²) in [6.45, 7) is -0.273. The zero-order chi connectivity index (χ0) is 21.8. The van der Waals surface area contributed by atoms with E-state index >= 15 is 0 Å². The number of fused-ring (bicyclic) bond motifs is 1. The molecule has 0 bridgehead atoms. The van der Waals surface area contributed by atoms with Crippen molar-refractivity contribution < 1.29 is 38.3 Å². The maximum Gasteiger partial charge on any atom is 0.407 e. The molecule has 2 aliphatic rings. The van der Waals surface area contributed by atoms with E-state index in [2.05, 4.69) is 20.6 Å². The molecule has 0 aliphatic carbocycles. The van der Waals surface area contributed by atoms with Crippen molar-refractivity contribution >= 4 is 41.4 Å². The number of amides is 3. The number of nitrogens with zero attached hydrogens (tertiary/aromatic N) is 2. The van der Waals surface area contributed by atoms with Crippen molar-refractivity contribution in [1.82, 2.24) is 15.5 Å². The quantitative estimate of drug-likeness (QED) is 0.296. The Morgan fingerprint density at radius 2 is 2.20 bits per heavy atom. The van der Waals surface area contributed by atoms with Crippen LogP contribution in [0.4, 0.5) is 4.79 Å². The summed E-state index contributed by atoms with van der Waals surface area (Å²) in [7, 11) is 2.63. The van der Waals surface area contributed by atoms with Gasteiger partial charge >= 0.3 is 12.1 Å². The monoisotopic (exact) mass is 438 g/mol. The number of oxime groups is 1. The molecule has 160 valence electrons. The number of furan rings is 1. The minimum atomic E-state index is -1.33. The molecule has 3 heterocycles. The zero-order valence-electron chi connectivity index (χ0n) is 15.9. The highest BCUT2D eigenvalue weighted by Gasteiger charge is 2.54. The fraction of sp³-hybridized carbons (Fsp3) is 0.353. The third-order valence-corrected chi connectivity index (χ3v) is 5.61. The van der Waals surface area contributed by atoms with E-state index in [4.69, 9.17) is 9.15 Å². The molecule has 0 unspecified atom stereocenters. The zero-order valence-corrected chi connectivity index (χ0v) is 16.7. The van der Waals surface area contributed by atoms with Crippen LogP contribution < -0.4 is 10.6 Å². The second-order valence-corrected chi connectivity index (χ2v) is 7.15. The number of thioether (sulfide) groups is 1. The number of alkyl carbamates (subject to hydrolysis) is 1. The highest BCUT2D eigenvalue weighted by Crippen LogP contribution is 2.40. The third kappa shape index (κ3) is 3.96. The van der Waals surface area contributed by atoms with Gasteiger partial charge in [-0.05, 0) is 12.1 Å². The number of rotatable bonds is 7. The first-order chi connectivity index (χ1) is 14.4. The van der Waals surface area contributed by atoms with Gasteiger partial charge in [0.1, 0.15) is 30.8 Å². The number of carbonyl (C=O) groups excluding carboxylic acids is 3. The van der Waals surface area contributed by atoms with Gasteiger partial charge in [-0.2, -0.15) is 0 Å². The second-order valence-electron chi connectivity index (χ2n) is 6.04. The molecule has 1 saturated heterocycles. The van der Waals surface area contributed by atoms with E-state index < -0.39 is 35.3 Å². The molecule has 30 heavy (non-hydrogen) atoms. The molecule has 3 amide bonds. The van der Waals surface area contributed by atoms with Crippen LogP contribution in [-0.4, -0.2) is 77.5 Å². The molecular weight excluding hydrogens is 420 g/mol. The van der Waals surface area contributed by atoms with E-state index in [0.29, 0.717) is 0 Å². The van der Waals surface area contributed by atoms with Crippen molar-refractivity contribution in [2.75, 3.05) is 26.5 Å². The minimum Gasteiger partial charge on any atom is -0.477 e. The summed E-state index contributed by atoms with van der Waals surface area (Å²) in [6.07, 6.45) is 0.634. The van der Waals surface area contributed by atoms with Gasteiger partial charge in [-0.25, -0.2) is 9.59 Å². The first-order valence-corrected chi connectivity index (χ1v) is 9.64. The van der Waals surface area contributed by atoms with E-state index in [1.807, 2.05) is 0 Å². The summed E-state index contributed by atoms with van der Waals surface area (Å²) in [6, 6.07) is 2.11. The molecule has 1 aromatic rings. The normalized spacial score (nSPS) is 20.8. The van der Waals surface area contributed by atoms with Gasteiger partial charge in [0.05, 0.1) is 6.26 Å². The standard InChI is InChI=1S/C17H18N4O8S/c1-18-17(26)29-6-8-7-30-15-11(14(23)21(15)12(8)16(24)25)19-13(22)10(20-27-2)9-4-3-5-28-9/h3-5,11,15H,6-7H2,1-2H3,(H,18,26)(H,19,22)(H,24,25)/t11-,15-/m1/s1. The average molecular weight is 438 g/mol. The molecule has 1 fully saturated rings. The topological polar surface area (TPSA) is 160 Å². The Bertz CT molecular complexity index is 926. The predicted octanol–water partition coefficient (Wildman–Crippen LogP) is -0.275. The minimum absolute atomic E-state index is 0.147. The Labute approximate surface area is 174 Å². The van der Waals surface area contributed by atoms with Crippen LogP contribution in [0.15, 0.2) is 39.2 Å². The summed E-state index contributed by atoms with van der Waals surface area (Å²) >= 11 is 1.24. The molecular formula is C17H18N4O8S. The van der Waals surface area contributed by atoms with Crippen LogP contribution >= 0.6 is 11.8 Å². The van der Waals surface area contributed by atoms with Crippen LogP contribution in [0.2, 0.25) is 0 Å². The fourth-order valence-corrected chi connectivity index (χ4v) is 4.26. The van der Waals surface area contributed by atoms with Gasteiger partial charge in [0.25, 0.3) is 11.8 Å². The molecule has 0 radical (unpaired) electrons. The lowest BCUT2D eigenvalue weighted by Gasteiger charge is -2.49. The van der Waals surface area contributed by atoms with Gasteiger partial charge in [-0.1, -0.05) is 5.16 Å². The van der Waals surface area contributed by atoms with Crippen molar-refractivity contribution in [3.05, 3.63) is 35.4 Å². The number of carboxylic acid groups (broad SMARTS) is 1. The highest BCUT2D eigenvalue weighted by atomic mass is 32.2. The van der Waals surface area contributed by atoms with Gasteiger partial charge in [-0.15, -0.1) is 11.8 Å². The van der Waals surface area contributed by atoms with E-state index in [-0.39, 0.29) is 35.1 Å². The number of carboxylic acids is 1. The Morgan fingerprint density at radius 1 is 1.43 bits per heavy atom. The van der Waals surface area contributed by atoms with E-state index in [1.165, 1.54) is 38.2 Å². The number of hydrogen-bond acceptors (Lipinski definition) is 9. The molecule has 1 aromatic heterocycles. The van der Waals surface area contributed by atoms with Crippen LogP contribution in [0.25, 0.3) is 0 Å². The summed E-state index contributed by atoms with van der Waals surface area (Å²) in [4.78, 5) is 54.0. The number of carbonyl (C=O) groups is 4. The van der Waals surface area contributed by atoms with Gasteiger partial charge < -0.3 is 29.7 Å². The molecule has 0 saturated carbocycles. The van der Waals surface area contributed by atoms with E-state index in [0.717, 1.165) is 4.90 Å². The molecule has 3 N–H and O–H groups in total. The van der Waals surface area contributed by atoms with Crippen LogP contribution in [0, 0.1) is 0 Å². The van der Waals surface area contributed by atoms with Crippen LogP contribution in [0.3, 0.4) is 0 Å². The lowest BCUT2D eigenvalue weighted by atomic mass is 10.0. The number of ether oxygens (including phenoxy) is 1. The number of β-lactam (4-membered cyclic amide) rings is 1. The van der Waals surface area contributed by atoms with Gasteiger partial charge in [0, 0.05) is 18.4 Å². The molecule has 12 nitrogen and oxygen atoms in total. The molecule has 3 rings (SSSR count). The maximum atomic E-state index is 12.6. The van der Waals surface area contributed by atoms with Crippen molar-refractivity contribution in [1.29, 1.82) is 0 Å². The Balaban J connectivity index is 1.75. The Kier molecular flexibility index (Phi) is 6.30. The van der Waals surface area contributed by atoms with E-state index in [1.54, 1.807) is 6.07 Å². The second kappa shape index (κ2) is 8.90. The van der Waals surface area contributed by atoms with Gasteiger partial charge in [0.15, 0.2) is 5.76 Å². The molecule has 0 aromatic carbocycles. The maximum absolute atomic E-state index is 12.6. The molecule has 13 heteroatoms. The summed E-state index contributed by atoms with van der Waals surface area (Å²) in [5.41, 5.74) is -0.138.